The summed E-state index contributed by atoms with van der Waals surface area (Å²) in [5.41, 5.74) is 4.95. The molecule has 10 heteroatoms. The molecule has 0 heterocycles. The monoisotopic (exact) mass is 302 g/mol. The highest BCUT2D eigenvalue weighted by Crippen LogP contribution is 2.23. The van der Waals surface area contributed by atoms with Crippen LogP contribution in [0.25, 0.3) is 0 Å². The Morgan fingerprint density at radius 1 is 1.45 bits per heavy atom. The van der Waals surface area contributed by atoms with Crippen LogP contribution in [0.4, 0.5) is 11.4 Å². The fraction of sp³-hybridized carbons (Fsp3) is 0.300. The summed E-state index contributed by atoms with van der Waals surface area (Å²) in [7, 11) is -4.10. The predicted octanol–water partition coefficient (Wildman–Crippen LogP) is -0.409. The van der Waals surface area contributed by atoms with Crippen molar-refractivity contribution < 1.29 is 18.1 Å². The van der Waals surface area contributed by atoms with Crippen molar-refractivity contribution in [3.8, 4) is 0 Å². The number of anilines is 1. The largest absolute Gasteiger partial charge is 0.398 e. The number of nitro groups is 1. The number of carbonyl (C=O) groups excluding carboxylic acids is 1. The van der Waals surface area contributed by atoms with E-state index in [1.165, 1.54) is 0 Å². The van der Waals surface area contributed by atoms with Gasteiger partial charge in [-0.2, -0.15) is 0 Å². The maximum absolute atomic E-state index is 11.9. The lowest BCUT2D eigenvalue weighted by molar-refractivity contribution is -0.385. The van der Waals surface area contributed by atoms with E-state index in [4.69, 9.17) is 5.73 Å². The normalized spacial score (nSPS) is 11.1. The van der Waals surface area contributed by atoms with Crippen LogP contribution in [-0.4, -0.2) is 32.3 Å². The molecule has 1 aromatic rings. The van der Waals surface area contributed by atoms with Gasteiger partial charge in [-0.25, -0.2) is 13.1 Å². The second-order valence-corrected chi connectivity index (χ2v) is 5.49. The quantitative estimate of drug-likeness (QED) is 0.370. The highest BCUT2D eigenvalue weighted by molar-refractivity contribution is 7.89. The fourth-order valence-electron chi connectivity index (χ4n) is 1.37. The average Bonchev–Trinajstić information content (AvgIpc) is 2.37. The van der Waals surface area contributed by atoms with Gasteiger partial charge in [0.05, 0.1) is 17.2 Å². The molecule has 0 aromatic heterocycles. The number of amides is 1. The number of sulfonamides is 1. The number of nitro benzene ring substituents is 1. The molecule has 0 fully saturated rings. The van der Waals surface area contributed by atoms with Gasteiger partial charge in [0.25, 0.3) is 5.69 Å². The first-order valence-corrected chi connectivity index (χ1v) is 7.06. The third-order valence-corrected chi connectivity index (χ3v) is 3.75. The fourth-order valence-corrected chi connectivity index (χ4v) is 2.50. The maximum atomic E-state index is 11.9. The molecule has 110 valence electrons. The summed E-state index contributed by atoms with van der Waals surface area (Å²) in [5.74, 6) is -0.514. The molecule has 0 spiro atoms. The number of non-ortho nitro benzene ring substituents is 1. The number of carbonyl (C=O) groups is 1. The standard InChI is InChI=1S/C10H14N4O5S/c1-2-12-10(15)6-13-20(18,19)9-5-7(14(16)17)3-4-8(9)11/h3-5,13H,2,6,11H2,1H3,(H,12,15). The third-order valence-electron chi connectivity index (χ3n) is 2.29. The van der Waals surface area contributed by atoms with Gasteiger partial charge in [-0.3, -0.25) is 14.9 Å². The molecular weight excluding hydrogens is 288 g/mol. The van der Waals surface area contributed by atoms with Crippen molar-refractivity contribution in [2.45, 2.75) is 11.8 Å². The Kier molecular flexibility index (Phi) is 5.00. The molecule has 0 bridgehead atoms. The molecule has 0 radical (unpaired) electrons. The van der Waals surface area contributed by atoms with E-state index in [2.05, 4.69) is 5.32 Å². The molecule has 0 aliphatic rings. The van der Waals surface area contributed by atoms with Crippen molar-refractivity contribution in [2.24, 2.45) is 0 Å². The molecule has 0 saturated heterocycles. The van der Waals surface area contributed by atoms with Crippen LogP contribution >= 0.6 is 0 Å². The lowest BCUT2D eigenvalue weighted by Crippen LogP contribution is -2.36. The zero-order valence-electron chi connectivity index (χ0n) is 10.6. The van der Waals surface area contributed by atoms with Gasteiger partial charge in [0.15, 0.2) is 0 Å². The highest BCUT2D eigenvalue weighted by Gasteiger charge is 2.21. The minimum absolute atomic E-state index is 0.140. The first-order chi connectivity index (χ1) is 9.27. The highest BCUT2D eigenvalue weighted by atomic mass is 32.2. The summed E-state index contributed by atoms with van der Waals surface area (Å²) in [4.78, 5) is 20.7. The number of likely N-dealkylation sites (N-methyl/N-ethyl adjacent to an activating group) is 1. The van der Waals surface area contributed by atoms with Crippen LogP contribution in [0.5, 0.6) is 0 Å². The number of hydrogen-bond donors (Lipinski definition) is 3. The van der Waals surface area contributed by atoms with Crippen LogP contribution in [0.2, 0.25) is 0 Å². The molecule has 4 N–H and O–H groups in total. The molecule has 1 rings (SSSR count). The lowest BCUT2D eigenvalue weighted by atomic mass is 10.3. The first kappa shape index (κ1) is 15.9. The summed E-state index contributed by atoms with van der Waals surface area (Å²) in [6.45, 7) is 1.57. The van der Waals surface area contributed by atoms with Gasteiger partial charge < -0.3 is 11.1 Å². The van der Waals surface area contributed by atoms with Crippen molar-refractivity contribution in [2.75, 3.05) is 18.8 Å². The van der Waals surface area contributed by atoms with E-state index in [0.29, 0.717) is 6.54 Å². The van der Waals surface area contributed by atoms with Crippen LogP contribution in [0.15, 0.2) is 23.1 Å². The molecule has 0 atom stereocenters. The molecule has 0 aliphatic carbocycles. The second kappa shape index (κ2) is 6.30. The summed E-state index contributed by atoms with van der Waals surface area (Å²) in [6, 6.07) is 3.06. The van der Waals surface area contributed by atoms with Crippen molar-refractivity contribution in [1.82, 2.24) is 10.0 Å². The number of nitrogens with two attached hydrogens (primary N) is 1. The van der Waals surface area contributed by atoms with Crippen LogP contribution in [0.3, 0.4) is 0 Å². The maximum Gasteiger partial charge on any atom is 0.270 e. The molecule has 0 aliphatic heterocycles. The van der Waals surface area contributed by atoms with E-state index in [-0.39, 0.29) is 5.69 Å². The van der Waals surface area contributed by atoms with Crippen LogP contribution in [0, 0.1) is 10.1 Å². The van der Waals surface area contributed by atoms with Crippen LogP contribution < -0.4 is 15.8 Å². The Morgan fingerprint density at radius 2 is 2.10 bits per heavy atom. The Hall–Kier alpha value is -2.20. The topological polar surface area (TPSA) is 144 Å². The van der Waals surface area contributed by atoms with Gasteiger partial charge in [0, 0.05) is 18.7 Å². The summed E-state index contributed by atoms with van der Waals surface area (Å²) < 4.78 is 25.9. The SMILES string of the molecule is CCNC(=O)CNS(=O)(=O)c1cc([N+](=O)[O-])ccc1N. The van der Waals surface area contributed by atoms with Gasteiger partial charge in [0.2, 0.25) is 15.9 Å². The van der Waals surface area contributed by atoms with Gasteiger partial charge in [-0.1, -0.05) is 0 Å². The molecule has 9 nitrogen and oxygen atoms in total. The van der Waals surface area contributed by atoms with Gasteiger partial charge in [-0.15, -0.1) is 0 Å². The number of nitrogen functional groups attached to an aromatic ring is 1. The van der Waals surface area contributed by atoms with E-state index >= 15 is 0 Å². The Bertz CT molecular complexity index is 629. The number of nitrogens with one attached hydrogen (secondary N) is 2. The molecular formula is C10H14N4O5S. The number of nitrogens with zero attached hydrogens (tertiary/aromatic N) is 1. The average molecular weight is 302 g/mol. The van der Waals surface area contributed by atoms with Crippen LogP contribution in [-0.2, 0) is 14.8 Å². The molecule has 20 heavy (non-hydrogen) atoms. The Balaban J connectivity index is 3.00. The second-order valence-electron chi connectivity index (χ2n) is 3.76. The molecule has 0 unspecified atom stereocenters. The molecule has 0 saturated carbocycles. The van der Waals surface area contributed by atoms with Gasteiger partial charge in [-0.05, 0) is 13.0 Å². The zero-order valence-corrected chi connectivity index (χ0v) is 11.4. The molecule has 1 amide bonds. The van der Waals surface area contributed by atoms with Gasteiger partial charge in [0.1, 0.15) is 4.90 Å². The third kappa shape index (κ3) is 3.90. The van der Waals surface area contributed by atoms with Crippen molar-refractivity contribution >= 4 is 27.3 Å². The van der Waals surface area contributed by atoms with E-state index in [9.17, 15) is 23.3 Å². The summed E-state index contributed by atoms with van der Waals surface area (Å²) >= 11 is 0. The minimum Gasteiger partial charge on any atom is -0.398 e. The van der Waals surface area contributed by atoms with Gasteiger partial charge >= 0.3 is 0 Å². The smallest absolute Gasteiger partial charge is 0.270 e. The number of rotatable bonds is 6. The Labute approximate surface area is 115 Å². The van der Waals surface area contributed by atoms with Crippen molar-refractivity contribution in [3.05, 3.63) is 28.3 Å². The number of benzene rings is 1. The summed E-state index contributed by atoms with van der Waals surface area (Å²) in [5, 5.41) is 13.0. The minimum atomic E-state index is -4.10. The van der Waals surface area contributed by atoms with Crippen LogP contribution in [0.1, 0.15) is 6.92 Å². The first-order valence-electron chi connectivity index (χ1n) is 5.58. The van der Waals surface area contributed by atoms with E-state index < -0.39 is 38.0 Å². The summed E-state index contributed by atoms with van der Waals surface area (Å²) in [6.07, 6.45) is 0. The lowest BCUT2D eigenvalue weighted by Gasteiger charge is -2.08. The van der Waals surface area contributed by atoms with E-state index in [1.807, 2.05) is 4.72 Å². The zero-order chi connectivity index (χ0) is 15.3. The van der Waals surface area contributed by atoms with E-state index in [0.717, 1.165) is 18.2 Å². The number of hydrogen-bond acceptors (Lipinski definition) is 6. The Morgan fingerprint density at radius 3 is 2.65 bits per heavy atom. The predicted molar refractivity (Wildman–Crippen MR) is 71.4 cm³/mol. The van der Waals surface area contributed by atoms with Crippen molar-refractivity contribution in [3.63, 3.8) is 0 Å². The van der Waals surface area contributed by atoms with E-state index in [1.54, 1.807) is 6.92 Å². The molecule has 1 aromatic carbocycles. The van der Waals surface area contributed by atoms with Crippen molar-refractivity contribution in [1.29, 1.82) is 0 Å².